The molecule has 4 nitrogen and oxygen atoms in total. The monoisotopic (exact) mass is 216 g/mol. The summed E-state index contributed by atoms with van der Waals surface area (Å²) in [7, 11) is 1.90. The molecule has 1 N–H and O–H groups in total. The van der Waals surface area contributed by atoms with E-state index in [0.29, 0.717) is 0 Å². The number of nitrogens with one attached hydrogen (secondary N) is 1. The molecule has 0 atom stereocenters. The van der Waals surface area contributed by atoms with Crippen LogP contribution in [0.1, 0.15) is 16.8 Å². The summed E-state index contributed by atoms with van der Waals surface area (Å²) in [5, 5.41) is 11.1. The Balaban J connectivity index is 2.10. The first-order chi connectivity index (χ1) is 7.66. The molecule has 4 heteroatoms. The Kier molecular flexibility index (Phi) is 2.90. The Morgan fingerprint density at radius 1 is 1.31 bits per heavy atom. The fourth-order valence-corrected chi connectivity index (χ4v) is 1.58. The maximum atomic E-state index is 3.90. The van der Waals surface area contributed by atoms with Gasteiger partial charge in [0.15, 0.2) is 0 Å². The van der Waals surface area contributed by atoms with Gasteiger partial charge in [0.25, 0.3) is 0 Å². The van der Waals surface area contributed by atoms with Crippen LogP contribution in [-0.4, -0.2) is 15.0 Å². The second kappa shape index (κ2) is 4.35. The third-order valence-corrected chi connectivity index (χ3v) is 2.66. The number of anilines is 1. The molecule has 1 heterocycles. The zero-order chi connectivity index (χ0) is 11.5. The molecule has 0 spiro atoms. The van der Waals surface area contributed by atoms with Crippen molar-refractivity contribution in [3.8, 4) is 0 Å². The van der Waals surface area contributed by atoms with Crippen molar-refractivity contribution in [3.05, 3.63) is 41.2 Å². The molecular weight excluding hydrogens is 200 g/mol. The topological polar surface area (TPSA) is 42.7 Å². The zero-order valence-electron chi connectivity index (χ0n) is 9.86. The predicted octanol–water partition coefficient (Wildman–Crippen LogP) is 2.04. The van der Waals surface area contributed by atoms with E-state index in [1.807, 2.05) is 7.05 Å². The standard InChI is InChI=1S/C12H16N4/c1-9-4-5-10(2)12(6-9)13-7-11-8-14-15-16(11)3/h4-6,8,13H,7H2,1-3H3. The lowest BCUT2D eigenvalue weighted by Gasteiger charge is -2.10. The van der Waals surface area contributed by atoms with E-state index in [-0.39, 0.29) is 0 Å². The molecule has 1 aromatic carbocycles. The maximum Gasteiger partial charge on any atom is 0.0774 e. The first kappa shape index (κ1) is 10.7. The van der Waals surface area contributed by atoms with Gasteiger partial charge in [-0.2, -0.15) is 0 Å². The fraction of sp³-hybridized carbons (Fsp3) is 0.333. The van der Waals surface area contributed by atoms with E-state index in [1.54, 1.807) is 10.9 Å². The summed E-state index contributed by atoms with van der Waals surface area (Å²) in [4.78, 5) is 0. The number of rotatable bonds is 3. The molecule has 0 aliphatic heterocycles. The molecule has 2 rings (SSSR count). The van der Waals surface area contributed by atoms with Gasteiger partial charge in [0.2, 0.25) is 0 Å². The van der Waals surface area contributed by atoms with Gasteiger partial charge in [-0.25, -0.2) is 0 Å². The van der Waals surface area contributed by atoms with Crippen molar-refractivity contribution in [1.82, 2.24) is 15.0 Å². The number of aromatic nitrogens is 3. The summed E-state index contributed by atoms with van der Waals surface area (Å²) in [5.41, 5.74) is 4.75. The lowest BCUT2D eigenvalue weighted by molar-refractivity contribution is 0.683. The third-order valence-electron chi connectivity index (χ3n) is 2.66. The maximum absolute atomic E-state index is 3.90. The van der Waals surface area contributed by atoms with E-state index in [0.717, 1.165) is 12.2 Å². The van der Waals surface area contributed by atoms with Crippen molar-refractivity contribution in [2.24, 2.45) is 7.05 Å². The highest BCUT2D eigenvalue weighted by atomic mass is 15.4. The van der Waals surface area contributed by atoms with E-state index >= 15 is 0 Å². The quantitative estimate of drug-likeness (QED) is 0.853. The van der Waals surface area contributed by atoms with E-state index in [4.69, 9.17) is 0 Å². The molecule has 0 saturated heterocycles. The first-order valence-corrected chi connectivity index (χ1v) is 5.31. The van der Waals surface area contributed by atoms with Crippen LogP contribution in [0, 0.1) is 13.8 Å². The molecule has 84 valence electrons. The summed E-state index contributed by atoms with van der Waals surface area (Å²) in [6, 6.07) is 6.39. The largest absolute Gasteiger partial charge is 0.379 e. The van der Waals surface area contributed by atoms with Crippen LogP contribution in [0.15, 0.2) is 24.4 Å². The number of aryl methyl sites for hydroxylation is 3. The highest BCUT2D eigenvalue weighted by Crippen LogP contribution is 2.16. The highest BCUT2D eigenvalue weighted by Gasteiger charge is 2.01. The molecular formula is C12H16N4. The van der Waals surface area contributed by atoms with E-state index in [9.17, 15) is 0 Å². The van der Waals surface area contributed by atoms with E-state index in [2.05, 4.69) is 47.7 Å². The predicted molar refractivity (Wildman–Crippen MR) is 64.2 cm³/mol. The lowest BCUT2D eigenvalue weighted by Crippen LogP contribution is -2.06. The Hall–Kier alpha value is -1.84. The van der Waals surface area contributed by atoms with Gasteiger partial charge < -0.3 is 5.32 Å². The van der Waals surface area contributed by atoms with Crippen LogP contribution in [0.25, 0.3) is 0 Å². The van der Waals surface area contributed by atoms with Crippen molar-refractivity contribution >= 4 is 5.69 Å². The summed E-state index contributed by atoms with van der Waals surface area (Å²) in [6.07, 6.45) is 1.78. The summed E-state index contributed by atoms with van der Waals surface area (Å²) >= 11 is 0. The second-order valence-electron chi connectivity index (χ2n) is 4.02. The van der Waals surface area contributed by atoms with Gasteiger partial charge in [-0.1, -0.05) is 17.3 Å². The van der Waals surface area contributed by atoms with Gasteiger partial charge in [0, 0.05) is 12.7 Å². The average molecular weight is 216 g/mol. The summed E-state index contributed by atoms with van der Waals surface area (Å²) in [6.45, 7) is 4.94. The van der Waals surface area contributed by atoms with Gasteiger partial charge >= 0.3 is 0 Å². The average Bonchev–Trinajstić information content (AvgIpc) is 2.66. The molecule has 0 fully saturated rings. The fourth-order valence-electron chi connectivity index (χ4n) is 1.58. The van der Waals surface area contributed by atoms with Crippen LogP contribution in [0.2, 0.25) is 0 Å². The molecule has 0 aliphatic carbocycles. The molecule has 0 radical (unpaired) electrons. The molecule has 1 aromatic heterocycles. The van der Waals surface area contributed by atoms with Crippen LogP contribution in [0.4, 0.5) is 5.69 Å². The smallest absolute Gasteiger partial charge is 0.0774 e. The Morgan fingerprint density at radius 2 is 2.12 bits per heavy atom. The first-order valence-electron chi connectivity index (χ1n) is 5.31. The molecule has 0 bridgehead atoms. The van der Waals surface area contributed by atoms with Crippen LogP contribution in [-0.2, 0) is 13.6 Å². The Morgan fingerprint density at radius 3 is 2.81 bits per heavy atom. The van der Waals surface area contributed by atoms with E-state index in [1.165, 1.54) is 16.8 Å². The van der Waals surface area contributed by atoms with Crippen molar-refractivity contribution in [3.63, 3.8) is 0 Å². The molecule has 0 saturated carbocycles. The van der Waals surface area contributed by atoms with Gasteiger partial charge in [-0.05, 0) is 31.0 Å². The van der Waals surface area contributed by atoms with Gasteiger partial charge in [-0.3, -0.25) is 4.68 Å². The minimum absolute atomic E-state index is 0.744. The summed E-state index contributed by atoms with van der Waals surface area (Å²) in [5.74, 6) is 0. The van der Waals surface area contributed by atoms with Gasteiger partial charge in [-0.15, -0.1) is 5.10 Å². The SMILES string of the molecule is Cc1ccc(C)c(NCc2cnnn2C)c1. The molecule has 0 aliphatic rings. The number of benzene rings is 1. The summed E-state index contributed by atoms with van der Waals surface area (Å²) < 4.78 is 1.78. The van der Waals surface area contributed by atoms with Gasteiger partial charge in [0.05, 0.1) is 18.4 Å². The molecule has 2 aromatic rings. The van der Waals surface area contributed by atoms with Crippen LogP contribution < -0.4 is 5.32 Å². The normalized spacial score (nSPS) is 10.4. The minimum atomic E-state index is 0.744. The minimum Gasteiger partial charge on any atom is -0.379 e. The van der Waals surface area contributed by atoms with Gasteiger partial charge in [0.1, 0.15) is 0 Å². The van der Waals surface area contributed by atoms with Crippen LogP contribution >= 0.6 is 0 Å². The lowest BCUT2D eigenvalue weighted by atomic mass is 10.1. The van der Waals surface area contributed by atoms with Crippen molar-refractivity contribution < 1.29 is 0 Å². The van der Waals surface area contributed by atoms with Crippen LogP contribution in [0.3, 0.4) is 0 Å². The highest BCUT2D eigenvalue weighted by molar-refractivity contribution is 5.52. The number of hydrogen-bond acceptors (Lipinski definition) is 3. The molecule has 0 unspecified atom stereocenters. The molecule has 0 amide bonds. The molecule has 16 heavy (non-hydrogen) atoms. The Bertz CT molecular complexity index is 488. The second-order valence-corrected chi connectivity index (χ2v) is 4.02. The van der Waals surface area contributed by atoms with Crippen molar-refractivity contribution in [2.75, 3.05) is 5.32 Å². The van der Waals surface area contributed by atoms with Crippen LogP contribution in [0.5, 0.6) is 0 Å². The third kappa shape index (κ3) is 2.21. The number of nitrogens with zero attached hydrogens (tertiary/aromatic N) is 3. The van der Waals surface area contributed by atoms with E-state index < -0.39 is 0 Å². The Labute approximate surface area is 95.3 Å². The van der Waals surface area contributed by atoms with Crippen molar-refractivity contribution in [1.29, 1.82) is 0 Å². The van der Waals surface area contributed by atoms with Crippen molar-refractivity contribution in [2.45, 2.75) is 20.4 Å². The zero-order valence-corrected chi connectivity index (χ0v) is 9.86. The number of hydrogen-bond donors (Lipinski definition) is 1.